The Morgan fingerprint density at radius 3 is 2.42 bits per heavy atom. The van der Waals surface area contributed by atoms with E-state index in [9.17, 15) is 19.5 Å². The van der Waals surface area contributed by atoms with Gasteiger partial charge in [-0.15, -0.1) is 0 Å². The molecule has 1 rings (SSSR count). The zero-order valence-corrected chi connectivity index (χ0v) is 16.3. The van der Waals surface area contributed by atoms with Gasteiger partial charge in [-0.2, -0.15) is 0 Å². The van der Waals surface area contributed by atoms with Crippen molar-refractivity contribution in [2.75, 3.05) is 6.61 Å². The maximum absolute atomic E-state index is 11.9. The summed E-state index contributed by atoms with van der Waals surface area (Å²) in [6, 6.07) is 0. The first-order valence-corrected chi connectivity index (χ1v) is 9.31. The molecule has 1 N–H and O–H groups in total. The minimum Gasteiger partial charge on any atom is -0.466 e. The van der Waals surface area contributed by atoms with Gasteiger partial charge in [0.25, 0.3) is 0 Å². The van der Waals surface area contributed by atoms with Crippen LogP contribution >= 0.6 is 0 Å². The molecule has 0 unspecified atom stereocenters. The van der Waals surface area contributed by atoms with E-state index in [4.69, 9.17) is 14.2 Å². The van der Waals surface area contributed by atoms with E-state index in [2.05, 4.69) is 0 Å². The summed E-state index contributed by atoms with van der Waals surface area (Å²) < 4.78 is 15.8. The molecule has 0 aromatic carbocycles. The molecule has 3 atom stereocenters. The van der Waals surface area contributed by atoms with Crippen LogP contribution in [0.1, 0.15) is 72.6 Å². The molecule has 0 aliphatic carbocycles. The molecule has 0 spiro atoms. The number of ether oxygens (including phenoxy) is 3. The van der Waals surface area contributed by atoms with Gasteiger partial charge in [-0.05, 0) is 47.0 Å². The molecule has 0 aromatic rings. The van der Waals surface area contributed by atoms with Gasteiger partial charge in [0, 0.05) is 12.8 Å². The number of aliphatic hydroxyl groups is 1. The molecule has 26 heavy (non-hydrogen) atoms. The van der Waals surface area contributed by atoms with Gasteiger partial charge in [-0.25, -0.2) is 0 Å². The molecule has 1 aliphatic heterocycles. The second kappa shape index (κ2) is 10.6. The third kappa shape index (κ3) is 9.87. The van der Waals surface area contributed by atoms with Crippen molar-refractivity contribution in [3.8, 4) is 0 Å². The summed E-state index contributed by atoms with van der Waals surface area (Å²) in [4.78, 5) is 35.0. The highest BCUT2D eigenvalue weighted by atomic mass is 16.6. The summed E-state index contributed by atoms with van der Waals surface area (Å²) in [5, 5.41) is 10.1. The van der Waals surface area contributed by atoms with Crippen LogP contribution in [0.25, 0.3) is 0 Å². The zero-order chi connectivity index (χ0) is 19.7. The maximum Gasteiger partial charge on any atom is 0.313 e. The fourth-order valence-corrected chi connectivity index (χ4v) is 2.97. The second-order valence-corrected chi connectivity index (χ2v) is 7.72. The van der Waals surface area contributed by atoms with Crippen LogP contribution in [0, 0.1) is 0 Å². The number of Topliss-reactive ketones (excluding diaryl/α,β-unsaturated/α-hetero) is 1. The fraction of sp³-hybridized carbons (Fsp3) is 0.842. The zero-order valence-electron chi connectivity index (χ0n) is 16.3. The number of carbonyl (C=O) groups is 3. The second-order valence-electron chi connectivity index (χ2n) is 7.72. The average Bonchev–Trinajstić information content (AvgIpc) is 2.44. The van der Waals surface area contributed by atoms with E-state index in [0.29, 0.717) is 6.42 Å². The van der Waals surface area contributed by atoms with E-state index >= 15 is 0 Å². The van der Waals surface area contributed by atoms with Crippen LogP contribution in [0.2, 0.25) is 0 Å². The fourth-order valence-electron chi connectivity index (χ4n) is 2.97. The van der Waals surface area contributed by atoms with Crippen LogP contribution in [0.5, 0.6) is 0 Å². The van der Waals surface area contributed by atoms with Gasteiger partial charge in [0.15, 0.2) is 0 Å². The molecule has 0 saturated carbocycles. The number of esters is 2. The maximum atomic E-state index is 11.9. The van der Waals surface area contributed by atoms with Gasteiger partial charge < -0.3 is 19.3 Å². The quantitative estimate of drug-likeness (QED) is 0.490. The van der Waals surface area contributed by atoms with Crippen LogP contribution in [0.15, 0.2) is 0 Å². The number of ketones is 1. The number of rotatable bonds is 9. The van der Waals surface area contributed by atoms with Gasteiger partial charge in [0.2, 0.25) is 0 Å². The topological polar surface area (TPSA) is 99.1 Å². The smallest absolute Gasteiger partial charge is 0.313 e. The number of aliphatic hydroxyl groups excluding tert-OH is 1. The minimum atomic E-state index is -0.844. The normalized spacial score (nSPS) is 21.7. The van der Waals surface area contributed by atoms with Crippen LogP contribution in [0.4, 0.5) is 0 Å². The molecule has 0 amide bonds. The van der Waals surface area contributed by atoms with E-state index in [-0.39, 0.29) is 43.9 Å². The lowest BCUT2D eigenvalue weighted by molar-refractivity contribution is -0.157. The highest BCUT2D eigenvalue weighted by molar-refractivity contribution is 5.95. The van der Waals surface area contributed by atoms with E-state index in [0.717, 1.165) is 19.3 Å². The van der Waals surface area contributed by atoms with Crippen molar-refractivity contribution in [2.45, 2.75) is 96.6 Å². The third-order valence-corrected chi connectivity index (χ3v) is 3.90. The molecular formula is C19H32O7. The summed E-state index contributed by atoms with van der Waals surface area (Å²) in [6.07, 6.45) is 1.25. The van der Waals surface area contributed by atoms with Crippen LogP contribution in [0.3, 0.4) is 0 Å². The Kier molecular flexibility index (Phi) is 9.22. The first-order chi connectivity index (χ1) is 12.1. The van der Waals surface area contributed by atoms with Gasteiger partial charge in [-0.3, -0.25) is 14.4 Å². The highest BCUT2D eigenvalue weighted by Gasteiger charge is 2.28. The standard InChI is InChI=1S/C19H32O7/c1-5-24-17(22)11-13(20)9-15-7-6-8-16(25-15)10-14(21)12-18(23)26-19(2,3)4/h14-16,21H,5-12H2,1-4H3/t14-,15-,16+/m1/s1. The number of carbonyl (C=O) groups excluding carboxylic acids is 3. The number of hydrogen-bond donors (Lipinski definition) is 1. The summed E-state index contributed by atoms with van der Waals surface area (Å²) in [7, 11) is 0. The van der Waals surface area contributed by atoms with Crippen molar-refractivity contribution in [1.29, 1.82) is 0 Å². The van der Waals surface area contributed by atoms with Crippen molar-refractivity contribution < 1.29 is 33.7 Å². The molecule has 150 valence electrons. The summed E-state index contributed by atoms with van der Waals surface area (Å²) in [5.74, 6) is -1.16. The SMILES string of the molecule is CCOC(=O)CC(=O)C[C@H]1CCC[C@@H](C[C@@H](O)CC(=O)OC(C)(C)C)O1. The molecule has 1 fully saturated rings. The lowest BCUT2D eigenvalue weighted by Crippen LogP contribution is -2.33. The van der Waals surface area contributed by atoms with Crippen molar-refractivity contribution in [1.82, 2.24) is 0 Å². The predicted molar refractivity (Wildman–Crippen MR) is 94.5 cm³/mol. The van der Waals surface area contributed by atoms with Crippen molar-refractivity contribution >= 4 is 17.7 Å². The van der Waals surface area contributed by atoms with Crippen molar-refractivity contribution in [3.05, 3.63) is 0 Å². The number of hydrogen-bond acceptors (Lipinski definition) is 7. The Morgan fingerprint density at radius 2 is 1.81 bits per heavy atom. The van der Waals surface area contributed by atoms with Gasteiger partial charge in [-0.1, -0.05) is 0 Å². The Bertz CT molecular complexity index is 481. The van der Waals surface area contributed by atoms with Crippen LogP contribution in [-0.2, 0) is 28.6 Å². The first kappa shape index (κ1) is 22.6. The molecule has 7 heteroatoms. The van der Waals surface area contributed by atoms with E-state index in [1.807, 2.05) is 0 Å². The minimum absolute atomic E-state index is 0.0798. The lowest BCUT2D eigenvalue weighted by atomic mass is 9.96. The van der Waals surface area contributed by atoms with Crippen molar-refractivity contribution in [2.24, 2.45) is 0 Å². The Labute approximate surface area is 155 Å². The highest BCUT2D eigenvalue weighted by Crippen LogP contribution is 2.25. The Hall–Kier alpha value is -1.47. The van der Waals surface area contributed by atoms with Gasteiger partial charge in [0.1, 0.15) is 17.8 Å². The van der Waals surface area contributed by atoms with Crippen molar-refractivity contribution in [3.63, 3.8) is 0 Å². The molecule has 0 radical (unpaired) electrons. The largest absolute Gasteiger partial charge is 0.466 e. The monoisotopic (exact) mass is 372 g/mol. The summed E-state index contributed by atoms with van der Waals surface area (Å²) in [6.45, 7) is 7.28. The van der Waals surface area contributed by atoms with E-state index in [1.54, 1.807) is 27.7 Å². The Balaban J connectivity index is 2.37. The molecule has 0 bridgehead atoms. The Morgan fingerprint density at radius 1 is 1.15 bits per heavy atom. The van der Waals surface area contributed by atoms with Crippen LogP contribution < -0.4 is 0 Å². The van der Waals surface area contributed by atoms with Crippen LogP contribution in [-0.4, -0.2) is 53.3 Å². The summed E-state index contributed by atoms with van der Waals surface area (Å²) >= 11 is 0. The first-order valence-electron chi connectivity index (χ1n) is 9.31. The van der Waals surface area contributed by atoms with E-state index in [1.165, 1.54) is 0 Å². The molecule has 7 nitrogen and oxygen atoms in total. The molecule has 1 aliphatic rings. The van der Waals surface area contributed by atoms with E-state index < -0.39 is 23.6 Å². The van der Waals surface area contributed by atoms with Gasteiger partial charge in [0.05, 0.1) is 31.3 Å². The molecule has 0 aromatic heterocycles. The molecule has 1 saturated heterocycles. The molecular weight excluding hydrogens is 340 g/mol. The lowest BCUT2D eigenvalue weighted by Gasteiger charge is -2.31. The average molecular weight is 372 g/mol. The summed E-state index contributed by atoms with van der Waals surface area (Å²) in [5.41, 5.74) is -0.581. The molecule has 1 heterocycles. The third-order valence-electron chi connectivity index (χ3n) is 3.90. The van der Waals surface area contributed by atoms with Gasteiger partial charge >= 0.3 is 11.9 Å². The predicted octanol–water partition coefficient (Wildman–Crippen LogP) is 2.32.